The molecule has 3 rings (SSSR count). The lowest BCUT2D eigenvalue weighted by atomic mass is 10.2. The fraction of sp³-hybridized carbons (Fsp3) is 0.429. The molecule has 0 aromatic heterocycles. The highest BCUT2D eigenvalue weighted by molar-refractivity contribution is 7.99. The zero-order chi connectivity index (χ0) is 14.1. The number of thioether (sulfide) groups is 1. The minimum Gasteiger partial charge on any atom is -0.480 e. The van der Waals surface area contributed by atoms with E-state index in [1.165, 1.54) is 4.90 Å². The predicted octanol–water partition coefficient (Wildman–Crippen LogP) is 1.67. The number of carboxylic acids is 1. The standard InChI is InChI=1S/C14H16N2O3S/c17-13(18)12-9-20-8-7-16(12)14(19)15-6-5-10-3-1-2-4-11(10)15/h1-4,12H,5-9H2,(H,17,18). The number of hydrogen-bond acceptors (Lipinski definition) is 3. The lowest BCUT2D eigenvalue weighted by Crippen LogP contribution is -2.54. The van der Waals surface area contributed by atoms with E-state index >= 15 is 0 Å². The highest BCUT2D eigenvalue weighted by atomic mass is 32.2. The molecule has 106 valence electrons. The Kier molecular flexibility index (Phi) is 3.56. The molecular weight excluding hydrogens is 276 g/mol. The topological polar surface area (TPSA) is 60.9 Å². The monoisotopic (exact) mass is 292 g/mol. The third-order valence-corrected chi connectivity index (χ3v) is 4.80. The van der Waals surface area contributed by atoms with Gasteiger partial charge in [-0.3, -0.25) is 4.90 Å². The van der Waals surface area contributed by atoms with Crippen LogP contribution in [0.5, 0.6) is 0 Å². The van der Waals surface area contributed by atoms with Crippen LogP contribution in [0.2, 0.25) is 0 Å². The van der Waals surface area contributed by atoms with Crippen LogP contribution in [0.25, 0.3) is 0 Å². The van der Waals surface area contributed by atoms with Crippen molar-refractivity contribution in [2.75, 3.05) is 29.5 Å². The summed E-state index contributed by atoms with van der Waals surface area (Å²) in [6.45, 7) is 1.13. The van der Waals surface area contributed by atoms with E-state index in [1.54, 1.807) is 16.7 Å². The van der Waals surface area contributed by atoms with Crippen molar-refractivity contribution in [3.05, 3.63) is 29.8 Å². The zero-order valence-corrected chi connectivity index (χ0v) is 11.8. The van der Waals surface area contributed by atoms with Crippen LogP contribution in [-0.2, 0) is 11.2 Å². The molecule has 0 radical (unpaired) electrons. The Bertz CT molecular complexity index is 549. The quantitative estimate of drug-likeness (QED) is 0.855. The van der Waals surface area contributed by atoms with Crippen LogP contribution in [0.15, 0.2) is 24.3 Å². The first-order valence-corrected chi connectivity index (χ1v) is 7.80. The summed E-state index contributed by atoms with van der Waals surface area (Å²) < 4.78 is 0. The molecule has 1 saturated heterocycles. The van der Waals surface area contributed by atoms with E-state index in [2.05, 4.69) is 0 Å². The molecule has 5 nitrogen and oxygen atoms in total. The molecule has 2 heterocycles. The average Bonchev–Trinajstić information content (AvgIpc) is 2.90. The van der Waals surface area contributed by atoms with Gasteiger partial charge in [0.15, 0.2) is 0 Å². The van der Waals surface area contributed by atoms with E-state index in [1.807, 2.05) is 24.3 Å². The molecule has 1 N–H and O–H groups in total. The summed E-state index contributed by atoms with van der Waals surface area (Å²) in [5.74, 6) is 0.347. The first-order chi connectivity index (χ1) is 9.68. The SMILES string of the molecule is O=C(O)C1CSCCN1C(=O)N1CCc2ccccc21. The van der Waals surface area contributed by atoms with Gasteiger partial charge in [0, 0.05) is 30.3 Å². The molecule has 20 heavy (non-hydrogen) atoms. The Hall–Kier alpha value is -1.69. The van der Waals surface area contributed by atoms with Crippen LogP contribution in [-0.4, -0.2) is 52.6 Å². The molecule has 0 spiro atoms. The second-order valence-electron chi connectivity index (χ2n) is 4.94. The number of hydrogen-bond donors (Lipinski definition) is 1. The summed E-state index contributed by atoms with van der Waals surface area (Å²) in [5, 5.41) is 9.27. The average molecular weight is 292 g/mol. The summed E-state index contributed by atoms with van der Waals surface area (Å²) in [6, 6.07) is 6.92. The smallest absolute Gasteiger partial charge is 0.327 e. The van der Waals surface area contributed by atoms with Gasteiger partial charge in [-0.25, -0.2) is 9.59 Å². The molecule has 1 aromatic carbocycles. The highest BCUT2D eigenvalue weighted by Gasteiger charge is 2.36. The number of rotatable bonds is 1. The number of carboxylic acid groups (broad SMARTS) is 1. The second kappa shape index (κ2) is 5.36. The first kappa shape index (κ1) is 13.3. The van der Waals surface area contributed by atoms with E-state index in [0.717, 1.165) is 23.4 Å². The van der Waals surface area contributed by atoms with Gasteiger partial charge in [0.05, 0.1) is 0 Å². The van der Waals surface area contributed by atoms with Gasteiger partial charge < -0.3 is 10.0 Å². The largest absolute Gasteiger partial charge is 0.480 e. The number of nitrogens with zero attached hydrogens (tertiary/aromatic N) is 2. The Morgan fingerprint density at radius 1 is 1.25 bits per heavy atom. The van der Waals surface area contributed by atoms with Gasteiger partial charge in [0.25, 0.3) is 0 Å². The number of carbonyl (C=O) groups excluding carboxylic acids is 1. The van der Waals surface area contributed by atoms with E-state index < -0.39 is 12.0 Å². The van der Waals surface area contributed by atoms with Crippen molar-refractivity contribution in [1.82, 2.24) is 4.90 Å². The number of anilines is 1. The highest BCUT2D eigenvalue weighted by Crippen LogP contribution is 2.29. The molecular formula is C14H16N2O3S. The van der Waals surface area contributed by atoms with Gasteiger partial charge in [-0.05, 0) is 18.1 Å². The predicted molar refractivity (Wildman–Crippen MR) is 78.3 cm³/mol. The third kappa shape index (κ3) is 2.24. The van der Waals surface area contributed by atoms with Crippen molar-refractivity contribution in [2.24, 2.45) is 0 Å². The van der Waals surface area contributed by atoms with Crippen LogP contribution < -0.4 is 4.90 Å². The molecule has 0 aliphatic carbocycles. The van der Waals surface area contributed by atoms with Gasteiger partial charge in [-0.2, -0.15) is 11.8 Å². The number of urea groups is 1. The summed E-state index contributed by atoms with van der Waals surface area (Å²) in [6.07, 6.45) is 0.836. The van der Waals surface area contributed by atoms with Crippen LogP contribution in [0.3, 0.4) is 0 Å². The Morgan fingerprint density at radius 3 is 2.85 bits per heavy atom. The molecule has 1 atom stereocenters. The summed E-state index contributed by atoms with van der Waals surface area (Å²) in [5.41, 5.74) is 2.07. The summed E-state index contributed by atoms with van der Waals surface area (Å²) in [7, 11) is 0. The van der Waals surface area contributed by atoms with E-state index in [4.69, 9.17) is 0 Å². The van der Waals surface area contributed by atoms with Crippen molar-refractivity contribution in [1.29, 1.82) is 0 Å². The number of para-hydroxylation sites is 1. The molecule has 1 aromatic rings. The first-order valence-electron chi connectivity index (χ1n) is 6.65. The number of benzene rings is 1. The maximum absolute atomic E-state index is 12.7. The van der Waals surface area contributed by atoms with E-state index in [9.17, 15) is 14.7 Å². The summed E-state index contributed by atoms with van der Waals surface area (Å²) >= 11 is 1.59. The molecule has 2 aliphatic heterocycles. The fourth-order valence-corrected chi connectivity index (χ4v) is 3.77. The normalized spacial score (nSPS) is 21.7. The number of aliphatic carboxylic acids is 1. The number of fused-ring (bicyclic) bond motifs is 1. The van der Waals surface area contributed by atoms with Crippen LogP contribution in [0.1, 0.15) is 5.56 Å². The lowest BCUT2D eigenvalue weighted by Gasteiger charge is -2.35. The Labute approximate surface area is 121 Å². The lowest BCUT2D eigenvalue weighted by molar-refractivity contribution is -0.141. The van der Waals surface area contributed by atoms with Gasteiger partial charge in [-0.1, -0.05) is 18.2 Å². The number of carbonyl (C=O) groups is 2. The maximum atomic E-state index is 12.7. The molecule has 1 unspecified atom stereocenters. The van der Waals surface area contributed by atoms with Gasteiger partial charge in [0.2, 0.25) is 0 Å². The maximum Gasteiger partial charge on any atom is 0.327 e. The molecule has 1 fully saturated rings. The van der Waals surface area contributed by atoms with Gasteiger partial charge in [-0.15, -0.1) is 0 Å². The van der Waals surface area contributed by atoms with Crippen molar-refractivity contribution >= 4 is 29.4 Å². The summed E-state index contributed by atoms with van der Waals surface area (Å²) in [4.78, 5) is 27.2. The minimum absolute atomic E-state index is 0.178. The second-order valence-corrected chi connectivity index (χ2v) is 6.09. The zero-order valence-electron chi connectivity index (χ0n) is 11.0. The number of amides is 2. The third-order valence-electron chi connectivity index (χ3n) is 3.78. The van der Waals surface area contributed by atoms with E-state index in [-0.39, 0.29) is 6.03 Å². The van der Waals surface area contributed by atoms with Crippen molar-refractivity contribution in [3.63, 3.8) is 0 Å². The van der Waals surface area contributed by atoms with Crippen molar-refractivity contribution in [3.8, 4) is 0 Å². The fourth-order valence-electron chi connectivity index (χ4n) is 2.73. The van der Waals surface area contributed by atoms with Crippen molar-refractivity contribution in [2.45, 2.75) is 12.5 Å². The molecule has 0 bridgehead atoms. The molecule has 2 amide bonds. The van der Waals surface area contributed by atoms with E-state index in [0.29, 0.717) is 18.8 Å². The molecule has 2 aliphatic rings. The van der Waals surface area contributed by atoms with Crippen molar-refractivity contribution < 1.29 is 14.7 Å². The van der Waals surface area contributed by atoms with Gasteiger partial charge in [0.1, 0.15) is 6.04 Å². The Balaban J connectivity index is 1.84. The molecule has 0 saturated carbocycles. The van der Waals surface area contributed by atoms with Gasteiger partial charge >= 0.3 is 12.0 Å². The van der Waals surface area contributed by atoms with Crippen LogP contribution >= 0.6 is 11.8 Å². The Morgan fingerprint density at radius 2 is 2.05 bits per heavy atom. The minimum atomic E-state index is -0.918. The van der Waals surface area contributed by atoms with Crippen LogP contribution in [0, 0.1) is 0 Å². The molecule has 6 heteroatoms. The van der Waals surface area contributed by atoms with Crippen LogP contribution in [0.4, 0.5) is 10.5 Å².